The summed E-state index contributed by atoms with van der Waals surface area (Å²) in [6.45, 7) is 6.87. The lowest BCUT2D eigenvalue weighted by Gasteiger charge is -2.58. The van der Waals surface area contributed by atoms with Crippen LogP contribution in [-0.2, 0) is 31.1 Å². The van der Waals surface area contributed by atoms with Gasteiger partial charge < -0.3 is 48.7 Å². The molecule has 0 aliphatic carbocycles. The van der Waals surface area contributed by atoms with Crippen LogP contribution in [0.3, 0.4) is 0 Å². The van der Waals surface area contributed by atoms with E-state index in [-0.39, 0.29) is 38.5 Å². The summed E-state index contributed by atoms with van der Waals surface area (Å²) in [6, 6.07) is 3.18. The number of carboxylic acid groups (broad SMARTS) is 1. The number of hydrogen-bond donors (Lipinski definition) is 5. The van der Waals surface area contributed by atoms with E-state index in [1.54, 1.807) is 20.1 Å². The molecule has 17 heteroatoms. The minimum Gasteiger partial charge on any atom is -0.504 e. The number of aliphatic carboxylic acids is 1. The van der Waals surface area contributed by atoms with Crippen molar-refractivity contribution in [2.75, 3.05) is 40.4 Å². The number of carbonyl (C=O) groups excluding carboxylic acids is 2. The van der Waals surface area contributed by atoms with E-state index in [1.165, 1.54) is 25.8 Å². The van der Waals surface area contributed by atoms with Crippen molar-refractivity contribution in [1.29, 1.82) is 0 Å². The second-order valence-electron chi connectivity index (χ2n) is 16.8. The van der Waals surface area contributed by atoms with E-state index in [0.29, 0.717) is 67.8 Å². The molecule has 0 amide bonds. The number of methoxy groups -OCH3 is 2. The van der Waals surface area contributed by atoms with Gasteiger partial charge in [-0.2, -0.15) is 11.8 Å². The number of aromatic hydroxyl groups is 1. The van der Waals surface area contributed by atoms with Gasteiger partial charge in [-0.25, -0.2) is 4.79 Å². The number of H-pyrrole nitrogens is 1. The average Bonchev–Trinajstić information content (AvgIpc) is 3.95. The van der Waals surface area contributed by atoms with Crippen LogP contribution < -0.4 is 29.0 Å². The first-order valence-electron chi connectivity index (χ1n) is 19.8. The number of aryl methyl sites for hydroxylation is 1. The van der Waals surface area contributed by atoms with Gasteiger partial charge in [-0.3, -0.25) is 24.7 Å². The first-order valence-corrected chi connectivity index (χ1v) is 21.1. The first-order chi connectivity index (χ1) is 28.6. The summed E-state index contributed by atoms with van der Waals surface area (Å²) >= 11 is 1.51. The van der Waals surface area contributed by atoms with Gasteiger partial charge in [0.1, 0.15) is 35.9 Å². The maximum Gasteiger partial charge on any atom is 0.329 e. The summed E-state index contributed by atoms with van der Waals surface area (Å²) in [6.07, 6.45) is 2.32. The molecule has 3 aromatic carbocycles. The summed E-state index contributed by atoms with van der Waals surface area (Å²) in [5, 5.41) is 38.7. The van der Waals surface area contributed by atoms with Crippen LogP contribution in [0, 0.1) is 13.8 Å². The molecule has 2 unspecified atom stereocenters. The Morgan fingerprint density at radius 2 is 1.82 bits per heavy atom. The van der Waals surface area contributed by atoms with E-state index in [9.17, 15) is 29.7 Å². The van der Waals surface area contributed by atoms with Gasteiger partial charge in [0.2, 0.25) is 6.79 Å². The van der Waals surface area contributed by atoms with Gasteiger partial charge in [-0.05, 0) is 68.0 Å². The van der Waals surface area contributed by atoms with Crippen molar-refractivity contribution in [1.82, 2.24) is 20.1 Å². The quantitative estimate of drug-likeness (QED) is 0.122. The number of thioether (sulfide) groups is 1. The molecule has 7 heterocycles. The second-order valence-corrected chi connectivity index (χ2v) is 17.8. The lowest BCUT2D eigenvalue weighted by atomic mass is 9.75. The zero-order valence-electron chi connectivity index (χ0n) is 34.1. The molecule has 6 aliphatic rings. The van der Waals surface area contributed by atoms with Crippen LogP contribution >= 0.6 is 11.8 Å². The van der Waals surface area contributed by atoms with Gasteiger partial charge in [0.05, 0.1) is 31.6 Å². The molecular formula is C43H46N4O12S. The predicted molar refractivity (Wildman–Crippen MR) is 216 cm³/mol. The zero-order valence-corrected chi connectivity index (χ0v) is 34.9. The van der Waals surface area contributed by atoms with Gasteiger partial charge >= 0.3 is 17.9 Å². The first kappa shape index (κ1) is 39.0. The van der Waals surface area contributed by atoms with Crippen molar-refractivity contribution >= 4 is 40.6 Å². The summed E-state index contributed by atoms with van der Waals surface area (Å²) in [4.78, 5) is 47.6. The largest absolute Gasteiger partial charge is 0.504 e. The highest BCUT2D eigenvalue weighted by atomic mass is 32.2. The van der Waals surface area contributed by atoms with E-state index in [2.05, 4.69) is 22.1 Å². The van der Waals surface area contributed by atoms with Crippen LogP contribution in [0.4, 0.5) is 0 Å². The number of phenolic OH excluding ortho intramolecular Hbond substituents is 1. The maximum absolute atomic E-state index is 14.6. The topological polar surface area (TPSA) is 202 Å². The molecule has 5 N–H and O–H groups in total. The van der Waals surface area contributed by atoms with Crippen molar-refractivity contribution < 1.29 is 58.1 Å². The summed E-state index contributed by atoms with van der Waals surface area (Å²) in [5.74, 6) is -0.363. The standard InChI is InChI=1S/C43H46N4O12S/c1-17-10-23-27(34(49)35(17)55-6)32-33-39(60-7)29-28(38-37(57-16-58-38)18(2)36(29)59-19(3)48)26(47(33)43(53)14-42(23,4)46(32)15-43)13-56-41(52)31-30-22(12-25(45-31)40(50)51)21-11-20(54-5)8-9-24(21)44-30/h8-11,25-26,31-33,39,44-45,49,53H,12-16H2,1-7H3,(H,50,51)/t25-,26-,31+,32-,33+,39+,42?,43?/m0/s1. The number of aromatic nitrogens is 1. The maximum atomic E-state index is 14.6. The number of benzene rings is 3. The van der Waals surface area contributed by atoms with Crippen LogP contribution in [0.5, 0.6) is 34.5 Å². The normalized spacial score (nSPS) is 29.4. The highest BCUT2D eigenvalue weighted by Gasteiger charge is 2.71. The molecule has 10 rings (SSSR count). The third kappa shape index (κ3) is 5.15. The molecule has 8 atom stereocenters. The molecule has 0 saturated carbocycles. The van der Waals surface area contributed by atoms with Crippen molar-refractivity contribution in [3.8, 4) is 34.5 Å². The van der Waals surface area contributed by atoms with E-state index in [1.807, 2.05) is 36.3 Å². The minimum atomic E-state index is -1.49. The molecule has 60 heavy (non-hydrogen) atoms. The van der Waals surface area contributed by atoms with Gasteiger partial charge in [0, 0.05) is 76.7 Å². The molecule has 4 aromatic rings. The molecular weight excluding hydrogens is 797 g/mol. The number of carboxylic acids is 1. The Bertz CT molecular complexity index is 2560. The van der Waals surface area contributed by atoms with Crippen molar-refractivity contribution in [2.45, 2.75) is 87.3 Å². The van der Waals surface area contributed by atoms with Crippen LogP contribution in [0.2, 0.25) is 0 Å². The van der Waals surface area contributed by atoms with Gasteiger partial charge in [0.15, 0.2) is 23.0 Å². The van der Waals surface area contributed by atoms with Gasteiger partial charge in [-0.15, -0.1) is 0 Å². The molecule has 316 valence electrons. The van der Waals surface area contributed by atoms with Crippen molar-refractivity contribution in [2.24, 2.45) is 0 Å². The lowest BCUT2D eigenvalue weighted by molar-refractivity contribution is -0.194. The monoisotopic (exact) mass is 842 g/mol. The summed E-state index contributed by atoms with van der Waals surface area (Å²) < 4.78 is 35.9. The van der Waals surface area contributed by atoms with Crippen LogP contribution in [0.25, 0.3) is 10.9 Å². The number of nitrogens with one attached hydrogen (secondary N) is 2. The Hall–Kier alpha value is -5.20. The summed E-state index contributed by atoms with van der Waals surface area (Å²) in [7, 11) is 3.07. The zero-order chi connectivity index (χ0) is 42.3. The second kappa shape index (κ2) is 13.4. The number of hydrogen-bond acceptors (Lipinski definition) is 15. The van der Waals surface area contributed by atoms with Gasteiger partial charge in [0.25, 0.3) is 0 Å². The number of aliphatic hydroxyl groups is 1. The molecule has 0 radical (unpaired) electrons. The van der Waals surface area contributed by atoms with E-state index < -0.39 is 64.6 Å². The fourth-order valence-electron chi connectivity index (χ4n) is 11.4. The summed E-state index contributed by atoms with van der Waals surface area (Å²) in [5.41, 5.74) is 3.76. The SMILES string of the molecule is COc1ccc2[nH]c3c(c2c1)C[C@@H](C(=O)O)N[C@H]3C(=O)OC[C@H]1c2c3c(c(C)c(OC(C)=O)c2[C@@H](SC)[C@H]2[C@@H]4c5c(cc(C)c(OC)c5O)C5(C)CC(O)(CN45)N21)OCO3. The minimum absolute atomic E-state index is 0.0253. The highest BCUT2D eigenvalue weighted by molar-refractivity contribution is 7.98. The fraction of sp³-hybridized carbons (Fsp3) is 0.465. The Kier molecular flexibility index (Phi) is 8.70. The molecule has 2 saturated heterocycles. The Labute approximate surface area is 349 Å². The number of piperazine rings is 1. The smallest absolute Gasteiger partial charge is 0.329 e. The number of nitrogens with zero attached hydrogens (tertiary/aromatic N) is 2. The molecule has 0 spiro atoms. The van der Waals surface area contributed by atoms with Crippen molar-refractivity contribution in [3.63, 3.8) is 0 Å². The van der Waals surface area contributed by atoms with E-state index in [4.69, 9.17) is 28.4 Å². The Morgan fingerprint density at radius 1 is 1.05 bits per heavy atom. The third-order valence-electron chi connectivity index (χ3n) is 13.7. The number of esters is 2. The number of rotatable bonds is 8. The number of carbonyl (C=O) groups is 3. The fourth-order valence-corrected chi connectivity index (χ4v) is 12.5. The van der Waals surface area contributed by atoms with Crippen LogP contribution in [0.15, 0.2) is 24.3 Å². The average molecular weight is 843 g/mol. The molecule has 2 fully saturated rings. The third-order valence-corrected chi connectivity index (χ3v) is 14.7. The van der Waals surface area contributed by atoms with E-state index in [0.717, 1.165) is 16.5 Å². The van der Waals surface area contributed by atoms with Crippen molar-refractivity contribution in [3.05, 3.63) is 68.9 Å². The number of phenols is 1. The molecule has 2 bridgehead atoms. The lowest BCUT2D eigenvalue weighted by Crippen LogP contribution is -2.66. The van der Waals surface area contributed by atoms with Crippen LogP contribution in [0.1, 0.15) is 88.3 Å². The Balaban J connectivity index is 1.14. The Morgan fingerprint density at radius 3 is 2.52 bits per heavy atom. The number of fused-ring (bicyclic) bond motifs is 13. The van der Waals surface area contributed by atoms with E-state index >= 15 is 0 Å². The number of aromatic amines is 1. The predicted octanol–water partition coefficient (Wildman–Crippen LogP) is 4.55. The van der Waals surface area contributed by atoms with Gasteiger partial charge in [-0.1, -0.05) is 0 Å². The molecule has 16 nitrogen and oxygen atoms in total. The molecule has 1 aromatic heterocycles. The number of ether oxygens (including phenoxy) is 6. The highest BCUT2D eigenvalue weighted by Crippen LogP contribution is 2.70. The van der Waals surface area contributed by atoms with Crippen LogP contribution in [-0.4, -0.2) is 106 Å². The molecule has 6 aliphatic heterocycles.